The molecule has 0 fully saturated rings. The van der Waals surface area contributed by atoms with Gasteiger partial charge < -0.3 is 10.1 Å². The first kappa shape index (κ1) is 10.4. The van der Waals surface area contributed by atoms with Crippen molar-refractivity contribution in [3.05, 3.63) is 23.8 Å². The number of hydrogen-bond donors (Lipinski definition) is 2. The lowest BCUT2D eigenvalue weighted by molar-refractivity contribution is -0.122. The van der Waals surface area contributed by atoms with Gasteiger partial charge in [-0.25, -0.2) is 0 Å². The van der Waals surface area contributed by atoms with Gasteiger partial charge in [0.25, 0.3) is 5.91 Å². The number of carbonyl (C=O) groups is 1. The normalized spacial score (nSPS) is 21.3. The lowest BCUT2D eigenvalue weighted by Gasteiger charge is -2.24. The van der Waals surface area contributed by atoms with E-state index in [-0.39, 0.29) is 11.2 Å². The standard InChI is InChI=1S/C11H13NO2S/c1-6-11(13)12-9-5-8(7(2)15)3-4-10(9)14-6/h3-7,15H,1-2H3,(H,12,13). The number of carbonyl (C=O) groups excluding carboxylic acids is 1. The summed E-state index contributed by atoms with van der Waals surface area (Å²) in [6.45, 7) is 3.71. The molecular formula is C11H13NO2S. The topological polar surface area (TPSA) is 38.3 Å². The van der Waals surface area contributed by atoms with E-state index in [1.807, 2.05) is 25.1 Å². The third kappa shape index (κ3) is 1.95. The highest BCUT2D eigenvalue weighted by atomic mass is 32.1. The van der Waals surface area contributed by atoms with Gasteiger partial charge in [-0.3, -0.25) is 4.79 Å². The van der Waals surface area contributed by atoms with E-state index in [1.165, 1.54) is 0 Å². The number of amides is 1. The molecule has 80 valence electrons. The van der Waals surface area contributed by atoms with Crippen LogP contribution in [-0.2, 0) is 4.79 Å². The lowest BCUT2D eigenvalue weighted by atomic mass is 10.1. The Morgan fingerprint density at radius 3 is 2.93 bits per heavy atom. The third-order valence-electron chi connectivity index (χ3n) is 2.42. The first-order valence-corrected chi connectivity index (χ1v) is 5.39. The molecule has 1 aromatic carbocycles. The van der Waals surface area contributed by atoms with Crippen LogP contribution in [0, 0.1) is 0 Å². The molecule has 1 aliphatic rings. The van der Waals surface area contributed by atoms with Crippen molar-refractivity contribution >= 4 is 24.2 Å². The molecule has 15 heavy (non-hydrogen) atoms. The van der Waals surface area contributed by atoms with Crippen molar-refractivity contribution in [1.82, 2.24) is 0 Å². The van der Waals surface area contributed by atoms with Gasteiger partial charge in [-0.1, -0.05) is 6.07 Å². The second-order valence-electron chi connectivity index (χ2n) is 3.68. The minimum Gasteiger partial charge on any atom is -0.479 e. The fourth-order valence-corrected chi connectivity index (χ4v) is 1.65. The maximum atomic E-state index is 11.4. The van der Waals surface area contributed by atoms with E-state index < -0.39 is 6.10 Å². The Balaban J connectivity index is 2.37. The summed E-state index contributed by atoms with van der Waals surface area (Å²) >= 11 is 4.34. The molecule has 0 radical (unpaired) electrons. The van der Waals surface area contributed by atoms with Crippen LogP contribution in [0.15, 0.2) is 18.2 Å². The molecule has 0 aliphatic carbocycles. The highest BCUT2D eigenvalue weighted by molar-refractivity contribution is 7.80. The van der Waals surface area contributed by atoms with E-state index in [0.717, 1.165) is 17.0 Å². The number of anilines is 1. The average Bonchev–Trinajstić information content (AvgIpc) is 2.19. The van der Waals surface area contributed by atoms with Crippen LogP contribution in [-0.4, -0.2) is 12.0 Å². The monoisotopic (exact) mass is 223 g/mol. The van der Waals surface area contributed by atoms with E-state index in [1.54, 1.807) is 6.92 Å². The lowest BCUT2D eigenvalue weighted by Crippen LogP contribution is -2.34. The minimum absolute atomic E-state index is 0.105. The zero-order valence-electron chi connectivity index (χ0n) is 8.65. The Morgan fingerprint density at radius 2 is 2.27 bits per heavy atom. The highest BCUT2D eigenvalue weighted by Gasteiger charge is 2.23. The first-order valence-electron chi connectivity index (χ1n) is 4.87. The molecule has 0 saturated heterocycles. The summed E-state index contributed by atoms with van der Waals surface area (Å²) in [5.41, 5.74) is 1.80. The van der Waals surface area contributed by atoms with Crippen LogP contribution < -0.4 is 10.1 Å². The van der Waals surface area contributed by atoms with Crippen LogP contribution in [0.1, 0.15) is 24.7 Å². The van der Waals surface area contributed by atoms with Gasteiger partial charge in [0.2, 0.25) is 0 Å². The summed E-state index contributed by atoms with van der Waals surface area (Å²) in [5, 5.41) is 2.95. The van der Waals surface area contributed by atoms with Crippen LogP contribution in [0.3, 0.4) is 0 Å². The average molecular weight is 223 g/mol. The molecule has 1 amide bonds. The molecule has 1 N–H and O–H groups in total. The number of thiol groups is 1. The molecule has 1 heterocycles. The first-order chi connectivity index (χ1) is 7.08. The molecular weight excluding hydrogens is 210 g/mol. The predicted molar refractivity (Wildman–Crippen MR) is 62.6 cm³/mol. The van der Waals surface area contributed by atoms with Gasteiger partial charge in [0.1, 0.15) is 5.75 Å². The van der Waals surface area contributed by atoms with Gasteiger partial charge >= 0.3 is 0 Å². The van der Waals surface area contributed by atoms with Crippen LogP contribution in [0.25, 0.3) is 0 Å². The van der Waals surface area contributed by atoms with Crippen molar-refractivity contribution < 1.29 is 9.53 Å². The Morgan fingerprint density at radius 1 is 1.53 bits per heavy atom. The summed E-state index contributed by atoms with van der Waals surface area (Å²) in [6.07, 6.45) is -0.420. The Kier molecular flexibility index (Phi) is 2.61. The van der Waals surface area contributed by atoms with Crippen LogP contribution in [0.4, 0.5) is 5.69 Å². The summed E-state index contributed by atoms with van der Waals surface area (Å²) < 4.78 is 5.44. The van der Waals surface area contributed by atoms with Gasteiger partial charge in [0.15, 0.2) is 6.10 Å². The second kappa shape index (κ2) is 3.77. The largest absolute Gasteiger partial charge is 0.479 e. The maximum absolute atomic E-state index is 11.4. The molecule has 0 bridgehead atoms. The molecule has 2 rings (SSSR count). The Hall–Kier alpha value is -1.16. The Bertz CT molecular complexity index is 404. The van der Waals surface area contributed by atoms with E-state index in [0.29, 0.717) is 0 Å². The SMILES string of the molecule is CC1Oc2ccc(C(C)S)cc2NC1=O. The fourth-order valence-electron chi connectivity index (χ4n) is 1.49. The third-order valence-corrected chi connectivity index (χ3v) is 2.72. The second-order valence-corrected chi connectivity index (χ2v) is 4.46. The van der Waals surface area contributed by atoms with Gasteiger partial charge in [-0.2, -0.15) is 12.6 Å². The van der Waals surface area contributed by atoms with E-state index >= 15 is 0 Å². The molecule has 1 aliphatic heterocycles. The summed E-state index contributed by atoms with van der Waals surface area (Å²) in [5.74, 6) is 0.617. The zero-order valence-corrected chi connectivity index (χ0v) is 9.54. The summed E-state index contributed by atoms with van der Waals surface area (Å²) in [4.78, 5) is 11.4. The molecule has 3 nitrogen and oxygen atoms in total. The van der Waals surface area contributed by atoms with Crippen molar-refractivity contribution in [3.8, 4) is 5.75 Å². The maximum Gasteiger partial charge on any atom is 0.265 e. The summed E-state index contributed by atoms with van der Waals surface area (Å²) in [6, 6.07) is 5.73. The van der Waals surface area contributed by atoms with Gasteiger partial charge in [-0.15, -0.1) is 0 Å². The molecule has 4 heteroatoms. The molecule has 0 spiro atoms. The van der Waals surface area contributed by atoms with Crippen LogP contribution >= 0.6 is 12.6 Å². The minimum atomic E-state index is -0.420. The number of rotatable bonds is 1. The number of hydrogen-bond acceptors (Lipinski definition) is 3. The quantitative estimate of drug-likeness (QED) is 0.717. The molecule has 0 saturated carbocycles. The smallest absolute Gasteiger partial charge is 0.265 e. The fraction of sp³-hybridized carbons (Fsp3) is 0.364. The molecule has 2 atom stereocenters. The molecule has 1 aromatic rings. The summed E-state index contributed by atoms with van der Waals surface area (Å²) in [7, 11) is 0. The molecule has 2 unspecified atom stereocenters. The van der Waals surface area contributed by atoms with Crippen molar-refractivity contribution in [2.24, 2.45) is 0 Å². The van der Waals surface area contributed by atoms with E-state index in [2.05, 4.69) is 17.9 Å². The number of nitrogens with one attached hydrogen (secondary N) is 1. The van der Waals surface area contributed by atoms with Gasteiger partial charge in [-0.05, 0) is 31.5 Å². The zero-order chi connectivity index (χ0) is 11.0. The van der Waals surface area contributed by atoms with Crippen molar-refractivity contribution in [2.75, 3.05) is 5.32 Å². The van der Waals surface area contributed by atoms with Gasteiger partial charge in [0.05, 0.1) is 5.69 Å². The number of benzene rings is 1. The van der Waals surface area contributed by atoms with Crippen LogP contribution in [0.5, 0.6) is 5.75 Å². The van der Waals surface area contributed by atoms with Crippen molar-refractivity contribution in [3.63, 3.8) is 0 Å². The molecule has 0 aromatic heterocycles. The predicted octanol–water partition coefficient (Wildman–Crippen LogP) is 2.40. The van der Waals surface area contributed by atoms with E-state index in [9.17, 15) is 4.79 Å². The van der Waals surface area contributed by atoms with Gasteiger partial charge in [0, 0.05) is 5.25 Å². The van der Waals surface area contributed by atoms with Crippen molar-refractivity contribution in [2.45, 2.75) is 25.2 Å². The highest BCUT2D eigenvalue weighted by Crippen LogP contribution is 2.33. The Labute approximate surface area is 94.2 Å². The number of ether oxygens (including phenoxy) is 1. The van der Waals surface area contributed by atoms with E-state index in [4.69, 9.17) is 4.74 Å². The van der Waals surface area contributed by atoms with Crippen molar-refractivity contribution in [1.29, 1.82) is 0 Å². The number of fused-ring (bicyclic) bond motifs is 1. The van der Waals surface area contributed by atoms with Crippen LogP contribution in [0.2, 0.25) is 0 Å².